The standard InChI is InChI=1S/C17H12Cl3F2NO5/c1-26-13-4-8(2-3-12(13)28-17(21)22)16(25)27-7-14(24)23-15-10(19)5-9(18)6-11(15)20/h2-6,17H,7H2,1H3,(H,23,24). The molecule has 0 aromatic heterocycles. The van der Waals surface area contributed by atoms with Gasteiger partial charge in [0.05, 0.1) is 28.4 Å². The van der Waals surface area contributed by atoms with E-state index in [4.69, 9.17) is 44.3 Å². The van der Waals surface area contributed by atoms with Crippen molar-refractivity contribution in [3.8, 4) is 11.5 Å². The highest BCUT2D eigenvalue weighted by atomic mass is 35.5. The maximum absolute atomic E-state index is 12.3. The number of rotatable bonds is 7. The van der Waals surface area contributed by atoms with E-state index < -0.39 is 25.1 Å². The second-order valence-electron chi connectivity index (χ2n) is 5.11. The first-order valence-electron chi connectivity index (χ1n) is 7.45. The molecule has 0 fully saturated rings. The molecule has 0 saturated heterocycles. The largest absolute Gasteiger partial charge is 0.493 e. The predicted octanol–water partition coefficient (Wildman–Crippen LogP) is 5.05. The summed E-state index contributed by atoms with van der Waals surface area (Å²) in [6.07, 6.45) is 0. The average molecular weight is 455 g/mol. The fourth-order valence-electron chi connectivity index (χ4n) is 2.04. The van der Waals surface area contributed by atoms with Crippen LogP contribution in [-0.2, 0) is 9.53 Å². The van der Waals surface area contributed by atoms with Gasteiger partial charge in [-0.05, 0) is 30.3 Å². The Balaban J connectivity index is 2.01. The number of ether oxygens (including phenoxy) is 3. The van der Waals surface area contributed by atoms with Gasteiger partial charge in [0.25, 0.3) is 5.91 Å². The van der Waals surface area contributed by atoms with Gasteiger partial charge in [0, 0.05) is 5.02 Å². The summed E-state index contributed by atoms with van der Waals surface area (Å²) in [7, 11) is 1.22. The Morgan fingerprint density at radius 2 is 1.71 bits per heavy atom. The summed E-state index contributed by atoms with van der Waals surface area (Å²) < 4.78 is 38.7. The maximum atomic E-state index is 12.3. The molecule has 2 aromatic rings. The van der Waals surface area contributed by atoms with Crippen molar-refractivity contribution < 1.29 is 32.6 Å². The zero-order valence-electron chi connectivity index (χ0n) is 14.1. The van der Waals surface area contributed by atoms with E-state index in [1.807, 2.05) is 0 Å². The Morgan fingerprint density at radius 3 is 2.29 bits per heavy atom. The molecule has 0 radical (unpaired) electrons. The van der Waals surface area contributed by atoms with Crippen molar-refractivity contribution in [1.29, 1.82) is 0 Å². The molecule has 0 aliphatic rings. The van der Waals surface area contributed by atoms with E-state index in [0.29, 0.717) is 0 Å². The molecule has 11 heteroatoms. The van der Waals surface area contributed by atoms with Crippen LogP contribution in [0.2, 0.25) is 15.1 Å². The average Bonchev–Trinajstić information content (AvgIpc) is 2.62. The molecule has 0 bridgehead atoms. The van der Waals surface area contributed by atoms with Crippen LogP contribution in [-0.4, -0.2) is 32.2 Å². The molecule has 6 nitrogen and oxygen atoms in total. The summed E-state index contributed by atoms with van der Waals surface area (Å²) in [6.45, 7) is -3.70. The van der Waals surface area contributed by atoms with Crippen LogP contribution in [0.15, 0.2) is 30.3 Å². The van der Waals surface area contributed by atoms with E-state index in [1.54, 1.807) is 0 Å². The van der Waals surface area contributed by atoms with Crippen molar-refractivity contribution in [3.05, 3.63) is 51.0 Å². The fraction of sp³-hybridized carbons (Fsp3) is 0.176. The number of esters is 1. The minimum absolute atomic E-state index is 0.0335. The molecule has 0 saturated carbocycles. The normalized spacial score (nSPS) is 10.5. The number of nitrogens with one attached hydrogen (secondary N) is 1. The lowest BCUT2D eigenvalue weighted by Gasteiger charge is -2.12. The molecule has 0 atom stereocenters. The summed E-state index contributed by atoms with van der Waals surface area (Å²) in [5.41, 5.74) is 0.0813. The van der Waals surface area contributed by atoms with Crippen LogP contribution in [0.4, 0.5) is 14.5 Å². The summed E-state index contributed by atoms with van der Waals surface area (Å²) in [4.78, 5) is 24.0. The summed E-state index contributed by atoms with van der Waals surface area (Å²) in [6, 6.07) is 6.21. The van der Waals surface area contributed by atoms with E-state index in [2.05, 4.69) is 10.1 Å². The molecule has 0 spiro atoms. The number of carbonyl (C=O) groups is 2. The molecular weight excluding hydrogens is 443 g/mol. The van der Waals surface area contributed by atoms with Gasteiger partial charge in [0.15, 0.2) is 18.1 Å². The van der Waals surface area contributed by atoms with Crippen LogP contribution in [0.3, 0.4) is 0 Å². The number of alkyl halides is 2. The molecule has 1 N–H and O–H groups in total. The molecule has 1 amide bonds. The number of methoxy groups -OCH3 is 1. The van der Waals surface area contributed by atoms with Crippen molar-refractivity contribution in [1.82, 2.24) is 0 Å². The van der Waals surface area contributed by atoms with Gasteiger partial charge < -0.3 is 19.5 Å². The number of hydrogen-bond donors (Lipinski definition) is 1. The minimum atomic E-state index is -3.05. The smallest absolute Gasteiger partial charge is 0.387 e. The summed E-state index contributed by atoms with van der Waals surface area (Å²) >= 11 is 17.7. The van der Waals surface area contributed by atoms with Gasteiger partial charge in [-0.1, -0.05) is 34.8 Å². The van der Waals surface area contributed by atoms with E-state index in [1.165, 1.54) is 25.3 Å². The Morgan fingerprint density at radius 1 is 1.07 bits per heavy atom. The quantitative estimate of drug-likeness (QED) is 0.593. The monoisotopic (exact) mass is 453 g/mol. The van der Waals surface area contributed by atoms with Gasteiger partial charge >= 0.3 is 12.6 Å². The lowest BCUT2D eigenvalue weighted by molar-refractivity contribution is -0.119. The van der Waals surface area contributed by atoms with Crippen molar-refractivity contribution in [2.45, 2.75) is 6.61 Å². The lowest BCUT2D eigenvalue weighted by Crippen LogP contribution is -2.21. The lowest BCUT2D eigenvalue weighted by atomic mass is 10.2. The van der Waals surface area contributed by atoms with Crippen LogP contribution in [0.5, 0.6) is 11.5 Å². The molecule has 0 aliphatic carbocycles. The Kier molecular flexibility index (Phi) is 7.68. The van der Waals surface area contributed by atoms with E-state index in [9.17, 15) is 18.4 Å². The van der Waals surface area contributed by atoms with Gasteiger partial charge in [-0.3, -0.25) is 4.79 Å². The van der Waals surface area contributed by atoms with Crippen molar-refractivity contribution in [2.24, 2.45) is 0 Å². The van der Waals surface area contributed by atoms with E-state index >= 15 is 0 Å². The number of anilines is 1. The van der Waals surface area contributed by atoms with E-state index in [0.717, 1.165) is 12.1 Å². The fourth-order valence-corrected chi connectivity index (χ4v) is 2.95. The Bertz CT molecular complexity index is 872. The SMILES string of the molecule is COc1cc(C(=O)OCC(=O)Nc2c(Cl)cc(Cl)cc2Cl)ccc1OC(F)F. The second-order valence-corrected chi connectivity index (χ2v) is 6.36. The van der Waals surface area contributed by atoms with Crippen molar-refractivity contribution in [3.63, 3.8) is 0 Å². The highest BCUT2D eigenvalue weighted by molar-refractivity contribution is 6.42. The third-order valence-corrected chi connectivity index (χ3v) is 4.04. The van der Waals surface area contributed by atoms with Crippen LogP contribution >= 0.6 is 34.8 Å². The van der Waals surface area contributed by atoms with Gasteiger partial charge in [-0.15, -0.1) is 0 Å². The Hall–Kier alpha value is -2.29. The van der Waals surface area contributed by atoms with Crippen molar-refractivity contribution >= 4 is 52.4 Å². The molecule has 0 unspecified atom stereocenters. The number of benzene rings is 2. The number of carbonyl (C=O) groups excluding carboxylic acids is 2. The molecule has 150 valence electrons. The van der Waals surface area contributed by atoms with Gasteiger partial charge in [0.2, 0.25) is 0 Å². The second kappa shape index (κ2) is 9.77. The minimum Gasteiger partial charge on any atom is -0.493 e. The van der Waals surface area contributed by atoms with Gasteiger partial charge in [-0.25, -0.2) is 4.79 Å². The molecular formula is C17H12Cl3F2NO5. The zero-order chi connectivity index (χ0) is 20.8. The summed E-state index contributed by atoms with van der Waals surface area (Å²) in [5.74, 6) is -1.94. The highest BCUT2D eigenvalue weighted by Crippen LogP contribution is 2.33. The molecule has 0 heterocycles. The van der Waals surface area contributed by atoms with Crippen LogP contribution in [0.25, 0.3) is 0 Å². The zero-order valence-corrected chi connectivity index (χ0v) is 16.4. The number of hydrogen-bond acceptors (Lipinski definition) is 5. The predicted molar refractivity (Wildman–Crippen MR) is 100 cm³/mol. The van der Waals surface area contributed by atoms with Crippen molar-refractivity contribution in [2.75, 3.05) is 19.0 Å². The number of halogens is 5. The Labute approximate surface area is 173 Å². The topological polar surface area (TPSA) is 73.9 Å². The molecule has 0 aliphatic heterocycles. The molecule has 2 aromatic carbocycles. The van der Waals surface area contributed by atoms with Gasteiger partial charge in [0.1, 0.15) is 0 Å². The summed E-state index contributed by atoms with van der Waals surface area (Å²) in [5, 5.41) is 2.90. The third-order valence-electron chi connectivity index (χ3n) is 3.22. The third kappa shape index (κ3) is 5.85. The van der Waals surface area contributed by atoms with Crippen LogP contribution < -0.4 is 14.8 Å². The first kappa shape index (κ1) is 22.0. The van der Waals surface area contributed by atoms with Crippen LogP contribution in [0, 0.1) is 0 Å². The highest BCUT2D eigenvalue weighted by Gasteiger charge is 2.17. The molecule has 28 heavy (non-hydrogen) atoms. The molecule has 2 rings (SSSR count). The van der Waals surface area contributed by atoms with Gasteiger partial charge in [-0.2, -0.15) is 8.78 Å². The van der Waals surface area contributed by atoms with Crippen LogP contribution in [0.1, 0.15) is 10.4 Å². The first-order valence-corrected chi connectivity index (χ1v) is 8.59. The number of amides is 1. The first-order chi connectivity index (χ1) is 13.2. The maximum Gasteiger partial charge on any atom is 0.387 e. The van der Waals surface area contributed by atoms with E-state index in [-0.39, 0.29) is 37.8 Å².